The van der Waals surface area contributed by atoms with Gasteiger partial charge in [-0.2, -0.15) is 25.8 Å². The lowest BCUT2D eigenvalue weighted by atomic mass is 10.1. The molecule has 1 aromatic rings. The third-order valence-electron chi connectivity index (χ3n) is 1.71. The van der Waals surface area contributed by atoms with Crippen molar-refractivity contribution >= 4 is 30.3 Å². The maximum atomic E-state index is 12.3. The van der Waals surface area contributed by atoms with E-state index in [0.717, 1.165) is 6.07 Å². The van der Waals surface area contributed by atoms with Crippen LogP contribution in [0, 0.1) is 0 Å². The molecule has 0 fully saturated rings. The van der Waals surface area contributed by atoms with E-state index >= 15 is 0 Å². The Labute approximate surface area is 96.2 Å². The number of alkyl halides is 3. The van der Waals surface area contributed by atoms with Crippen LogP contribution >= 0.6 is 24.2 Å². The van der Waals surface area contributed by atoms with Gasteiger partial charge in [0.1, 0.15) is 0 Å². The molecule has 0 saturated heterocycles. The molecule has 82 valence electrons. The van der Waals surface area contributed by atoms with Crippen LogP contribution in [-0.4, -0.2) is 5.75 Å². The van der Waals surface area contributed by atoms with Gasteiger partial charge in [-0.3, -0.25) is 0 Å². The largest absolute Gasteiger partial charge is 0.417 e. The van der Waals surface area contributed by atoms with Gasteiger partial charge < -0.3 is 0 Å². The van der Waals surface area contributed by atoms with Crippen LogP contribution in [0.15, 0.2) is 24.3 Å². The van der Waals surface area contributed by atoms with Crippen molar-refractivity contribution in [2.75, 3.05) is 5.75 Å². The predicted octanol–water partition coefficient (Wildman–Crippen LogP) is 4.30. The Kier molecular flexibility index (Phi) is 4.11. The topological polar surface area (TPSA) is 0 Å². The molecule has 0 aliphatic heterocycles. The third kappa shape index (κ3) is 3.47. The maximum Gasteiger partial charge on any atom is 0.417 e. The molecule has 0 bridgehead atoms. The summed E-state index contributed by atoms with van der Waals surface area (Å²) in [6.45, 7) is 0. The quantitative estimate of drug-likeness (QED) is 0.746. The van der Waals surface area contributed by atoms with E-state index in [0.29, 0.717) is 11.3 Å². The van der Waals surface area contributed by atoms with Gasteiger partial charge in [-0.05, 0) is 17.7 Å². The van der Waals surface area contributed by atoms with Gasteiger partial charge in [-0.1, -0.05) is 29.8 Å². The van der Waals surface area contributed by atoms with Crippen molar-refractivity contribution in [3.05, 3.63) is 40.4 Å². The zero-order valence-corrected chi connectivity index (χ0v) is 9.20. The Morgan fingerprint density at radius 3 is 2.47 bits per heavy atom. The minimum Gasteiger partial charge on any atom is -0.175 e. The standard InChI is InChI=1S/C10H8ClF3S/c11-9-6-7(2-1-5-15)3-4-8(9)10(12,13)14/h1-4,6,15H,5H2. The van der Waals surface area contributed by atoms with E-state index in [9.17, 15) is 13.2 Å². The van der Waals surface area contributed by atoms with Gasteiger partial charge in [-0.25, -0.2) is 0 Å². The smallest absolute Gasteiger partial charge is 0.175 e. The van der Waals surface area contributed by atoms with Crippen molar-refractivity contribution in [3.63, 3.8) is 0 Å². The van der Waals surface area contributed by atoms with Gasteiger partial charge in [0.25, 0.3) is 0 Å². The Bertz CT molecular complexity index is 371. The summed E-state index contributed by atoms with van der Waals surface area (Å²) in [5.41, 5.74) is -0.186. The van der Waals surface area contributed by atoms with E-state index in [1.54, 1.807) is 12.2 Å². The highest BCUT2D eigenvalue weighted by Crippen LogP contribution is 2.35. The Hall–Kier alpha value is -0.610. The summed E-state index contributed by atoms with van der Waals surface area (Å²) in [6, 6.07) is 3.62. The molecule has 0 unspecified atom stereocenters. The molecule has 0 aromatic heterocycles. The number of hydrogen-bond acceptors (Lipinski definition) is 1. The van der Waals surface area contributed by atoms with E-state index in [-0.39, 0.29) is 5.02 Å². The van der Waals surface area contributed by atoms with Crippen molar-refractivity contribution in [3.8, 4) is 0 Å². The van der Waals surface area contributed by atoms with E-state index in [1.807, 2.05) is 0 Å². The summed E-state index contributed by atoms with van der Waals surface area (Å²) >= 11 is 9.46. The molecular formula is C10H8ClF3S. The van der Waals surface area contributed by atoms with Crippen molar-refractivity contribution in [2.24, 2.45) is 0 Å². The first-order valence-electron chi connectivity index (χ1n) is 4.09. The molecule has 0 aliphatic rings. The summed E-state index contributed by atoms with van der Waals surface area (Å²) in [4.78, 5) is 0. The van der Waals surface area contributed by atoms with Gasteiger partial charge in [0, 0.05) is 5.75 Å². The van der Waals surface area contributed by atoms with Gasteiger partial charge in [-0.15, -0.1) is 0 Å². The molecule has 0 aliphatic carbocycles. The molecule has 0 nitrogen and oxygen atoms in total. The minimum atomic E-state index is -4.40. The Balaban J connectivity index is 3.04. The van der Waals surface area contributed by atoms with Gasteiger partial charge >= 0.3 is 6.18 Å². The average molecular weight is 253 g/mol. The highest BCUT2D eigenvalue weighted by molar-refractivity contribution is 7.80. The molecule has 0 atom stereocenters. The van der Waals surface area contributed by atoms with E-state index in [4.69, 9.17) is 11.6 Å². The molecule has 0 spiro atoms. The summed E-state index contributed by atoms with van der Waals surface area (Å²) in [5, 5.41) is -0.288. The second-order valence-corrected chi connectivity index (χ2v) is 3.59. The summed E-state index contributed by atoms with van der Waals surface area (Å²) < 4.78 is 37.0. The average Bonchev–Trinajstić information content (AvgIpc) is 2.12. The Morgan fingerprint density at radius 1 is 1.33 bits per heavy atom. The van der Waals surface area contributed by atoms with Crippen LogP contribution in [0.5, 0.6) is 0 Å². The monoisotopic (exact) mass is 252 g/mol. The molecule has 5 heteroatoms. The van der Waals surface area contributed by atoms with Crippen LogP contribution in [0.25, 0.3) is 6.08 Å². The fraction of sp³-hybridized carbons (Fsp3) is 0.200. The molecule has 0 saturated carbocycles. The van der Waals surface area contributed by atoms with Crippen molar-refractivity contribution in [1.29, 1.82) is 0 Å². The summed E-state index contributed by atoms with van der Waals surface area (Å²) in [7, 11) is 0. The summed E-state index contributed by atoms with van der Waals surface area (Å²) in [6.07, 6.45) is -1.01. The molecular weight excluding hydrogens is 245 g/mol. The second kappa shape index (κ2) is 4.94. The van der Waals surface area contributed by atoms with Crippen LogP contribution in [0.2, 0.25) is 5.02 Å². The van der Waals surface area contributed by atoms with E-state index in [1.165, 1.54) is 12.1 Å². The van der Waals surface area contributed by atoms with Crippen molar-refractivity contribution in [1.82, 2.24) is 0 Å². The van der Waals surface area contributed by atoms with Crippen molar-refractivity contribution < 1.29 is 13.2 Å². The van der Waals surface area contributed by atoms with E-state index in [2.05, 4.69) is 12.6 Å². The first-order valence-corrected chi connectivity index (χ1v) is 5.10. The molecule has 1 rings (SSSR count). The van der Waals surface area contributed by atoms with Crippen LogP contribution < -0.4 is 0 Å². The lowest BCUT2D eigenvalue weighted by Gasteiger charge is -2.08. The lowest BCUT2D eigenvalue weighted by Crippen LogP contribution is -2.05. The van der Waals surface area contributed by atoms with Crippen LogP contribution in [0.1, 0.15) is 11.1 Å². The predicted molar refractivity (Wildman–Crippen MR) is 59.3 cm³/mol. The lowest BCUT2D eigenvalue weighted by molar-refractivity contribution is -0.137. The fourth-order valence-electron chi connectivity index (χ4n) is 1.05. The second-order valence-electron chi connectivity index (χ2n) is 2.82. The molecule has 0 N–H and O–H groups in total. The third-order valence-corrected chi connectivity index (χ3v) is 2.24. The normalized spacial score (nSPS) is 12.3. The molecule has 1 aromatic carbocycles. The first-order chi connectivity index (χ1) is 6.95. The van der Waals surface area contributed by atoms with Crippen LogP contribution in [0.4, 0.5) is 13.2 Å². The summed E-state index contributed by atoms with van der Waals surface area (Å²) in [5.74, 6) is 0.526. The number of benzene rings is 1. The molecule has 0 amide bonds. The maximum absolute atomic E-state index is 12.3. The number of hydrogen-bond donors (Lipinski definition) is 1. The van der Waals surface area contributed by atoms with Crippen LogP contribution in [-0.2, 0) is 6.18 Å². The van der Waals surface area contributed by atoms with Crippen LogP contribution in [0.3, 0.4) is 0 Å². The van der Waals surface area contributed by atoms with Gasteiger partial charge in [0.05, 0.1) is 10.6 Å². The molecule has 0 heterocycles. The zero-order chi connectivity index (χ0) is 11.5. The van der Waals surface area contributed by atoms with Gasteiger partial charge in [0.15, 0.2) is 0 Å². The SMILES string of the molecule is FC(F)(F)c1ccc(C=CCS)cc1Cl. The van der Waals surface area contributed by atoms with Gasteiger partial charge in [0.2, 0.25) is 0 Å². The number of rotatable bonds is 2. The molecule has 15 heavy (non-hydrogen) atoms. The highest BCUT2D eigenvalue weighted by Gasteiger charge is 2.32. The Morgan fingerprint density at radius 2 is 2.00 bits per heavy atom. The highest BCUT2D eigenvalue weighted by atomic mass is 35.5. The van der Waals surface area contributed by atoms with Crippen molar-refractivity contribution in [2.45, 2.75) is 6.18 Å². The minimum absolute atomic E-state index is 0.288. The first kappa shape index (κ1) is 12.5. The molecule has 0 radical (unpaired) electrons. The van der Waals surface area contributed by atoms with E-state index < -0.39 is 11.7 Å². The number of thiol groups is 1. The number of halogens is 4. The zero-order valence-electron chi connectivity index (χ0n) is 7.55. The fourth-order valence-corrected chi connectivity index (χ4v) is 1.46.